The molecule has 61 heavy (non-hydrogen) atoms. The Hall–Kier alpha value is -5.19. The molecule has 5 aliphatic rings. The molecule has 20 heteroatoms. The third-order valence-corrected chi connectivity index (χ3v) is 14.0. The number of amides is 4. The van der Waals surface area contributed by atoms with Crippen molar-refractivity contribution in [2.75, 3.05) is 13.7 Å². The van der Waals surface area contributed by atoms with Crippen LogP contribution in [0.25, 0.3) is 11.0 Å². The first-order chi connectivity index (χ1) is 28.6. The number of ether oxygens (including phenoxy) is 3. The Morgan fingerprint density at radius 2 is 1.82 bits per heavy atom. The predicted molar refractivity (Wildman–Crippen MR) is 210 cm³/mol. The van der Waals surface area contributed by atoms with E-state index in [4.69, 9.17) is 14.2 Å². The molecule has 0 aromatic carbocycles. The van der Waals surface area contributed by atoms with E-state index in [9.17, 15) is 40.8 Å². The summed E-state index contributed by atoms with van der Waals surface area (Å²) in [4.78, 5) is 65.8. The molecule has 0 bridgehead atoms. The highest BCUT2D eigenvalue weighted by atomic mass is 32.2. The molecule has 7 rings (SSSR count). The molecule has 3 aliphatic heterocycles. The zero-order valence-corrected chi connectivity index (χ0v) is 35.1. The highest BCUT2D eigenvalue weighted by Crippen LogP contribution is 2.49. The zero-order valence-electron chi connectivity index (χ0n) is 34.3. The Morgan fingerprint density at radius 3 is 2.46 bits per heavy atom. The highest BCUT2D eigenvalue weighted by molar-refractivity contribution is 7.91. The molecule has 3 N–H and O–H groups in total. The molecular weight excluding hydrogens is 829 g/mol. The number of nitrogens with zero attached hydrogens (tertiary/aromatic N) is 3. The van der Waals surface area contributed by atoms with Gasteiger partial charge in [-0.15, -0.1) is 0 Å². The van der Waals surface area contributed by atoms with Gasteiger partial charge in [-0.05, 0) is 78.7 Å². The molecule has 2 aliphatic carbocycles. The number of carbonyl (C=O) groups is 4. The first-order valence-corrected chi connectivity index (χ1v) is 21.7. The van der Waals surface area contributed by atoms with E-state index >= 15 is 4.39 Å². The van der Waals surface area contributed by atoms with Crippen molar-refractivity contribution in [1.82, 2.24) is 30.2 Å². The van der Waals surface area contributed by atoms with E-state index in [0.29, 0.717) is 38.5 Å². The Bertz CT molecular complexity index is 2340. The van der Waals surface area contributed by atoms with Gasteiger partial charge < -0.3 is 29.7 Å². The van der Waals surface area contributed by atoms with Crippen LogP contribution in [0.2, 0.25) is 0 Å². The van der Waals surface area contributed by atoms with Gasteiger partial charge in [-0.2, -0.15) is 13.2 Å². The fourth-order valence-electron chi connectivity index (χ4n) is 8.12. The zero-order chi connectivity index (χ0) is 44.3. The van der Waals surface area contributed by atoms with Crippen molar-refractivity contribution in [2.45, 2.75) is 132 Å². The van der Waals surface area contributed by atoms with Crippen LogP contribution in [0.5, 0.6) is 11.6 Å². The third-order valence-electron chi connectivity index (χ3n) is 11.8. The predicted octanol–water partition coefficient (Wildman–Crippen LogP) is 4.94. The number of alkyl halides is 4. The largest absolute Gasteiger partial charge is 0.486 e. The first-order valence-electron chi connectivity index (χ1n) is 20.2. The lowest BCUT2D eigenvalue weighted by Gasteiger charge is -2.45. The summed E-state index contributed by atoms with van der Waals surface area (Å²) in [6, 6.07) is -0.346. The second-order valence-corrected chi connectivity index (χ2v) is 19.7. The molecule has 7 unspecified atom stereocenters. The van der Waals surface area contributed by atoms with Crippen molar-refractivity contribution < 1.29 is 59.4 Å². The van der Waals surface area contributed by atoms with Gasteiger partial charge in [-0.3, -0.25) is 14.4 Å². The second kappa shape index (κ2) is 15.9. The first kappa shape index (κ1) is 43.9. The van der Waals surface area contributed by atoms with E-state index in [2.05, 4.69) is 37.2 Å². The van der Waals surface area contributed by atoms with E-state index in [1.807, 2.05) is 0 Å². The molecule has 4 amide bonds. The Morgan fingerprint density at radius 1 is 1.08 bits per heavy atom. The number of halogens is 4. The fourth-order valence-corrected chi connectivity index (χ4v) is 9.41. The van der Waals surface area contributed by atoms with Gasteiger partial charge in [-0.1, -0.05) is 36.8 Å². The minimum Gasteiger partial charge on any atom is -0.486 e. The number of rotatable bonds is 5. The van der Waals surface area contributed by atoms with Crippen LogP contribution in [0, 0.1) is 23.7 Å². The third kappa shape index (κ3) is 8.67. The normalized spacial score (nSPS) is 28.8. The minimum atomic E-state index is -5.12. The number of hydrogen-bond acceptors (Lipinski definition) is 11. The molecule has 2 aromatic rings. The number of piperidine rings is 1. The monoisotopic (exact) mass is 876 g/mol. The fraction of sp³-hybridized carbons (Fsp3) is 0.610. The average Bonchev–Trinajstić information content (AvgIpc) is 3.95. The molecule has 0 spiro atoms. The summed E-state index contributed by atoms with van der Waals surface area (Å²) in [5.41, 5.74) is -5.61. The van der Waals surface area contributed by atoms with Crippen molar-refractivity contribution in [3.8, 4) is 23.5 Å². The number of carbonyl (C=O) groups excluding carboxylic acids is 4. The van der Waals surface area contributed by atoms with Gasteiger partial charge in [0.1, 0.15) is 35.5 Å². The Balaban J connectivity index is 1.30. The van der Waals surface area contributed by atoms with E-state index in [-0.39, 0.29) is 29.8 Å². The van der Waals surface area contributed by atoms with Crippen LogP contribution in [0.1, 0.15) is 103 Å². The maximum Gasteiger partial charge on any atom is 0.437 e. The molecule has 1 saturated heterocycles. The Labute approximate surface area is 350 Å². The maximum atomic E-state index is 16.8. The van der Waals surface area contributed by atoms with E-state index < -0.39 is 122 Å². The number of nitrogens with one attached hydrogen (secondary N) is 3. The lowest BCUT2D eigenvalue weighted by Crippen LogP contribution is -2.70. The van der Waals surface area contributed by atoms with Crippen molar-refractivity contribution in [3.63, 3.8) is 0 Å². The van der Waals surface area contributed by atoms with Crippen LogP contribution in [0.15, 0.2) is 24.3 Å². The Kier molecular flexibility index (Phi) is 11.5. The van der Waals surface area contributed by atoms with Gasteiger partial charge in [0, 0.05) is 12.0 Å². The second-order valence-electron chi connectivity index (χ2n) is 17.5. The highest BCUT2D eigenvalue weighted by Gasteiger charge is 2.57. The molecule has 2 fully saturated rings. The number of fused-ring (bicyclic) bond motifs is 6. The van der Waals surface area contributed by atoms with Gasteiger partial charge in [0.05, 0.1) is 35.4 Å². The maximum absolute atomic E-state index is 16.8. The summed E-state index contributed by atoms with van der Waals surface area (Å²) < 4.78 is 105. The van der Waals surface area contributed by atoms with E-state index in [1.54, 1.807) is 32.9 Å². The molecule has 5 heterocycles. The number of allylic oxidation sites excluding steroid dienone is 1. The molecule has 0 radical (unpaired) electrons. The van der Waals surface area contributed by atoms with Crippen LogP contribution < -0.4 is 24.8 Å². The van der Waals surface area contributed by atoms with Gasteiger partial charge >= 0.3 is 12.3 Å². The van der Waals surface area contributed by atoms with E-state index in [1.165, 1.54) is 26.2 Å². The van der Waals surface area contributed by atoms with Crippen LogP contribution in [-0.2, 0) is 35.3 Å². The van der Waals surface area contributed by atoms with Gasteiger partial charge in [0.2, 0.25) is 27.7 Å². The number of methoxy groups -OCH3 is 1. The number of hydrogen-bond donors (Lipinski definition) is 3. The summed E-state index contributed by atoms with van der Waals surface area (Å²) in [7, 11) is -2.93. The summed E-state index contributed by atoms with van der Waals surface area (Å²) >= 11 is 0. The number of alkyl carbamates (subject to hydrolysis) is 1. The van der Waals surface area contributed by atoms with Crippen LogP contribution in [-0.4, -0.2) is 94.8 Å². The molecule has 330 valence electrons. The summed E-state index contributed by atoms with van der Waals surface area (Å²) in [6.07, 6.45) is -4.22. The molecule has 15 nitrogen and oxygen atoms in total. The molecule has 1 saturated carbocycles. The lowest BCUT2D eigenvalue weighted by molar-refractivity contribution is -0.151. The van der Waals surface area contributed by atoms with E-state index in [0.717, 1.165) is 4.90 Å². The van der Waals surface area contributed by atoms with Crippen LogP contribution in [0.4, 0.5) is 22.4 Å². The quantitative estimate of drug-likeness (QED) is 0.209. The lowest BCUT2D eigenvalue weighted by atomic mass is 9.75. The summed E-state index contributed by atoms with van der Waals surface area (Å²) in [5, 5.41) is 5.24. The van der Waals surface area contributed by atoms with Gasteiger partial charge in [0.15, 0.2) is 17.0 Å². The van der Waals surface area contributed by atoms with Gasteiger partial charge in [-0.25, -0.2) is 32.3 Å². The number of aromatic nitrogens is 2. The van der Waals surface area contributed by atoms with Crippen LogP contribution >= 0.6 is 0 Å². The summed E-state index contributed by atoms with van der Waals surface area (Å²) in [5.74, 6) is -0.345. The van der Waals surface area contributed by atoms with Crippen molar-refractivity contribution in [3.05, 3.63) is 35.5 Å². The van der Waals surface area contributed by atoms with Crippen LogP contribution in [0.3, 0.4) is 0 Å². The SMILES string of the molecule is COc1ccc2nc(C(F)(F)F)c3c(c2n1)C(F)CC1CC2C(=O)NC4(C(=O)NS(=O)(=O)C5(C)CC5)C#CC4C=CCCCCCC(NC(=O)OC(C)(C)C)C(=O)N2CC1O3. The van der Waals surface area contributed by atoms with Gasteiger partial charge in [0.25, 0.3) is 5.91 Å². The number of sulfonamides is 1. The topological polar surface area (TPSA) is 195 Å². The standard InChI is InChI=1S/C41H48F4N6O9S/c1-38(2,3)60-37(55)47-26-12-10-8-6-7-9-11-23-15-16-40(23,36(54)50-61(56,57)39(4)17-18-39)49-34(52)27-20-22-19-24(42)30-31-25(13-14-29(48-31)58-5)46-33(41(43,44)45)32(30)59-28(22)21-51(27)35(26)53/h9,11,13-14,22-24,26-28H,6-8,10,12,17-21H2,1-5H3,(H,47,55)(H,49,52)(H,50,54). The molecule has 2 aromatic heterocycles. The van der Waals surface area contributed by atoms with Crippen molar-refractivity contribution in [1.29, 1.82) is 0 Å². The smallest absolute Gasteiger partial charge is 0.437 e. The van der Waals surface area contributed by atoms with Crippen molar-refractivity contribution in [2.24, 2.45) is 11.8 Å². The molecular formula is C41H48F4N6O9S. The average molecular weight is 877 g/mol. The summed E-state index contributed by atoms with van der Waals surface area (Å²) in [6.45, 7) is 5.79. The minimum absolute atomic E-state index is 0.0222. The molecule has 7 atom stereocenters. The van der Waals surface area contributed by atoms with Crippen molar-refractivity contribution >= 4 is 44.9 Å². The number of pyridine rings is 2.